The van der Waals surface area contributed by atoms with E-state index >= 15 is 0 Å². The van der Waals surface area contributed by atoms with Crippen molar-refractivity contribution in [3.63, 3.8) is 0 Å². The van der Waals surface area contributed by atoms with Crippen LogP contribution in [0.1, 0.15) is 181 Å². The third-order valence-electron chi connectivity index (χ3n) is 7.52. The average molecular weight is 507 g/mol. The van der Waals surface area contributed by atoms with Gasteiger partial charge in [-0.3, -0.25) is 9.59 Å². The van der Waals surface area contributed by atoms with E-state index in [0.717, 1.165) is 25.7 Å². The van der Waals surface area contributed by atoms with Crippen LogP contribution in [0.2, 0.25) is 0 Å². The summed E-state index contributed by atoms with van der Waals surface area (Å²) in [5.41, 5.74) is 12.3. The van der Waals surface area contributed by atoms with E-state index < -0.39 is 11.8 Å². The molecule has 0 unspecified atom stereocenters. The summed E-state index contributed by atoms with van der Waals surface area (Å²) in [6, 6.07) is 0. The van der Waals surface area contributed by atoms with E-state index in [1.807, 2.05) is 0 Å². The lowest BCUT2D eigenvalue weighted by Crippen LogP contribution is -2.23. The van der Waals surface area contributed by atoms with Gasteiger partial charge in [-0.25, -0.2) is 0 Å². The highest BCUT2D eigenvalue weighted by atomic mass is 16.2. The summed E-state index contributed by atoms with van der Waals surface area (Å²) in [7, 11) is 0. The van der Waals surface area contributed by atoms with Crippen LogP contribution in [-0.2, 0) is 9.59 Å². The number of nitrogens with two attached hydrogens (primary N) is 2. The largest absolute Gasteiger partial charge is 0.366 e. The Morgan fingerprint density at radius 3 is 0.750 bits per heavy atom. The molecule has 0 aromatic heterocycles. The highest BCUT2D eigenvalue weighted by Crippen LogP contribution is 2.21. The lowest BCUT2D eigenvalue weighted by Gasteiger charge is -2.11. The molecule has 0 radical (unpaired) electrons. The summed E-state index contributed by atoms with van der Waals surface area (Å²) in [5.74, 6) is -0.934. The summed E-state index contributed by atoms with van der Waals surface area (Å²) in [4.78, 5) is 24.1. The van der Waals surface area contributed by atoms with Crippen LogP contribution >= 0.6 is 0 Å². The number of unbranched alkanes of at least 4 members (excludes halogenated alkanes) is 22. The molecule has 0 rings (SSSR count). The molecule has 36 heavy (non-hydrogen) atoms. The van der Waals surface area contributed by atoms with Crippen molar-refractivity contribution < 1.29 is 9.59 Å². The van der Waals surface area contributed by atoms with E-state index in [9.17, 15) is 9.59 Å². The van der Waals surface area contributed by atoms with Gasteiger partial charge in [0.05, 0.1) is 0 Å². The molecule has 0 aliphatic rings. The zero-order chi connectivity index (χ0) is 26.7. The fourth-order valence-corrected chi connectivity index (χ4v) is 5.13. The molecule has 0 aromatic carbocycles. The van der Waals surface area contributed by atoms with Gasteiger partial charge < -0.3 is 11.5 Å². The van der Waals surface area contributed by atoms with Gasteiger partial charge in [-0.2, -0.15) is 0 Å². The quantitative estimate of drug-likeness (QED) is 0.0817. The van der Waals surface area contributed by atoms with Gasteiger partial charge in [-0.1, -0.05) is 155 Å². The zero-order valence-corrected chi connectivity index (χ0v) is 24.4. The summed E-state index contributed by atoms with van der Waals surface area (Å²) >= 11 is 0. The van der Waals surface area contributed by atoms with Crippen LogP contribution in [0.5, 0.6) is 0 Å². The number of primary amides is 2. The average Bonchev–Trinajstić information content (AvgIpc) is 2.85. The second-order valence-corrected chi connectivity index (χ2v) is 11.0. The Morgan fingerprint density at radius 2 is 0.556 bits per heavy atom. The van der Waals surface area contributed by atoms with Gasteiger partial charge in [0.1, 0.15) is 0 Å². The maximum absolute atomic E-state index is 12.1. The summed E-state index contributed by atoms with van der Waals surface area (Å²) < 4.78 is 0. The third-order valence-corrected chi connectivity index (χ3v) is 7.52. The molecule has 0 aliphatic carbocycles. The summed E-state index contributed by atoms with van der Waals surface area (Å²) in [6.45, 7) is 4.52. The normalized spacial score (nSPS) is 12.1. The summed E-state index contributed by atoms with van der Waals surface area (Å²) in [5, 5.41) is 0. The van der Waals surface area contributed by atoms with Crippen LogP contribution in [-0.4, -0.2) is 11.8 Å². The standard InChI is InChI=1S/C32H62N2O2/c1-3-5-7-9-11-13-15-17-19-21-23-25-27-29(31(33)35)30(32(34)36)28-26-24-22-20-18-16-14-12-10-8-6-4-2/h3-28H2,1-2H3,(H2,33,35)(H2,34,36)/b30-29-. The van der Waals surface area contributed by atoms with Crippen molar-refractivity contribution in [3.8, 4) is 0 Å². The van der Waals surface area contributed by atoms with Crippen LogP contribution < -0.4 is 11.5 Å². The Morgan fingerprint density at radius 1 is 0.361 bits per heavy atom. The van der Waals surface area contributed by atoms with Crippen molar-refractivity contribution in [2.24, 2.45) is 11.5 Å². The van der Waals surface area contributed by atoms with Crippen molar-refractivity contribution in [1.29, 1.82) is 0 Å². The first-order valence-corrected chi connectivity index (χ1v) is 15.9. The van der Waals surface area contributed by atoms with Crippen LogP contribution in [0.3, 0.4) is 0 Å². The number of hydrogen-bond acceptors (Lipinski definition) is 2. The van der Waals surface area contributed by atoms with Crippen LogP contribution in [0.4, 0.5) is 0 Å². The number of amides is 2. The van der Waals surface area contributed by atoms with Crippen LogP contribution in [0.25, 0.3) is 0 Å². The van der Waals surface area contributed by atoms with Crippen molar-refractivity contribution in [1.82, 2.24) is 0 Å². The minimum Gasteiger partial charge on any atom is -0.366 e. The monoisotopic (exact) mass is 506 g/mol. The fraction of sp³-hybridized carbons (Fsp3) is 0.875. The van der Waals surface area contributed by atoms with Gasteiger partial charge in [0, 0.05) is 11.1 Å². The Hall–Kier alpha value is -1.32. The minimum absolute atomic E-state index is 0.467. The van der Waals surface area contributed by atoms with Gasteiger partial charge in [0.2, 0.25) is 11.8 Å². The molecule has 4 nitrogen and oxygen atoms in total. The number of rotatable bonds is 28. The smallest absolute Gasteiger partial charge is 0.245 e. The Balaban J connectivity index is 4.00. The van der Waals surface area contributed by atoms with Gasteiger partial charge >= 0.3 is 0 Å². The van der Waals surface area contributed by atoms with Crippen molar-refractivity contribution in [2.45, 2.75) is 181 Å². The molecule has 0 aromatic rings. The molecule has 0 aliphatic heterocycles. The molecule has 212 valence electrons. The van der Waals surface area contributed by atoms with E-state index in [0.29, 0.717) is 24.0 Å². The molecule has 0 bridgehead atoms. The van der Waals surface area contributed by atoms with Gasteiger partial charge in [-0.05, 0) is 25.7 Å². The van der Waals surface area contributed by atoms with E-state index in [1.165, 1.54) is 128 Å². The second kappa shape index (κ2) is 26.7. The maximum atomic E-state index is 12.1. The highest BCUT2D eigenvalue weighted by Gasteiger charge is 2.16. The first kappa shape index (κ1) is 34.7. The molecular weight excluding hydrogens is 444 g/mol. The molecule has 0 atom stereocenters. The molecule has 0 fully saturated rings. The van der Waals surface area contributed by atoms with E-state index in [1.54, 1.807) is 0 Å². The van der Waals surface area contributed by atoms with E-state index in [2.05, 4.69) is 13.8 Å². The molecule has 0 spiro atoms. The molecular formula is C32H62N2O2. The lowest BCUT2D eigenvalue weighted by molar-refractivity contribution is -0.117. The van der Waals surface area contributed by atoms with E-state index in [-0.39, 0.29) is 0 Å². The molecule has 2 amide bonds. The SMILES string of the molecule is CCCCCCCCCCCCCC/C(C(N)=O)=C(\CCCCCCCCCCCCCC)C(N)=O. The topological polar surface area (TPSA) is 86.2 Å². The number of carbonyl (C=O) groups is 2. The van der Waals surface area contributed by atoms with Crippen molar-refractivity contribution in [2.75, 3.05) is 0 Å². The minimum atomic E-state index is -0.467. The van der Waals surface area contributed by atoms with E-state index in [4.69, 9.17) is 11.5 Å². The zero-order valence-electron chi connectivity index (χ0n) is 24.4. The van der Waals surface area contributed by atoms with Crippen LogP contribution in [0.15, 0.2) is 11.1 Å². The predicted molar refractivity (Wildman–Crippen MR) is 157 cm³/mol. The predicted octanol–water partition coefficient (Wildman–Crippen LogP) is 9.44. The number of carbonyl (C=O) groups excluding carboxylic acids is 2. The molecule has 0 saturated carbocycles. The van der Waals surface area contributed by atoms with Crippen molar-refractivity contribution in [3.05, 3.63) is 11.1 Å². The Kier molecular flexibility index (Phi) is 25.8. The first-order chi connectivity index (χ1) is 17.5. The first-order valence-electron chi connectivity index (χ1n) is 15.9. The molecule has 4 N–H and O–H groups in total. The van der Waals surface area contributed by atoms with Gasteiger partial charge in [0.25, 0.3) is 0 Å². The number of hydrogen-bond donors (Lipinski definition) is 2. The molecule has 0 heterocycles. The van der Waals surface area contributed by atoms with Crippen LogP contribution in [0, 0.1) is 0 Å². The fourth-order valence-electron chi connectivity index (χ4n) is 5.13. The Labute approximate surface area is 224 Å². The molecule has 0 saturated heterocycles. The second-order valence-electron chi connectivity index (χ2n) is 11.0. The van der Waals surface area contributed by atoms with Crippen molar-refractivity contribution >= 4 is 11.8 Å². The highest BCUT2D eigenvalue weighted by molar-refractivity contribution is 6.03. The van der Waals surface area contributed by atoms with Gasteiger partial charge in [0.15, 0.2) is 0 Å². The maximum Gasteiger partial charge on any atom is 0.245 e. The lowest BCUT2D eigenvalue weighted by atomic mass is 9.95. The molecule has 4 heteroatoms. The Bertz CT molecular complexity index is 508. The summed E-state index contributed by atoms with van der Waals surface area (Å²) in [6.07, 6.45) is 31.7. The third kappa shape index (κ3) is 21.9. The van der Waals surface area contributed by atoms with Gasteiger partial charge in [-0.15, -0.1) is 0 Å².